The van der Waals surface area contributed by atoms with E-state index in [0.717, 1.165) is 0 Å². The Morgan fingerprint density at radius 3 is 1.39 bits per heavy atom. The second kappa shape index (κ2) is 9.15. The molecular formula is C32H35Si+. The molecule has 33 heavy (non-hydrogen) atoms. The minimum absolute atomic E-state index is 0.101. The number of benzene rings is 4. The lowest BCUT2D eigenvalue weighted by Gasteiger charge is -2.22. The first-order chi connectivity index (χ1) is 15.6. The van der Waals surface area contributed by atoms with E-state index >= 15 is 0 Å². The highest BCUT2D eigenvalue weighted by Gasteiger charge is 2.39. The van der Waals surface area contributed by atoms with Gasteiger partial charge in [-0.1, -0.05) is 114 Å². The zero-order chi connectivity index (χ0) is 23.6. The molecule has 0 N–H and O–H groups in total. The molecule has 0 aliphatic rings. The molecule has 0 amide bonds. The Hall–Kier alpha value is -2.90. The number of hydrogen-bond donors (Lipinski definition) is 0. The predicted molar refractivity (Wildman–Crippen MR) is 147 cm³/mol. The Balaban J connectivity index is 1.96. The normalized spacial score (nSPS) is 11.9. The summed E-state index contributed by atoms with van der Waals surface area (Å²) in [5, 5.41) is 4.31. The first kappa shape index (κ1) is 23.3. The summed E-state index contributed by atoms with van der Waals surface area (Å²) in [5.41, 5.74) is 5.67. The predicted octanol–water partition coefficient (Wildman–Crippen LogP) is 6.46. The Bertz CT molecular complexity index is 1150. The molecule has 4 aromatic carbocycles. The maximum atomic E-state index is 2.49. The highest BCUT2D eigenvalue weighted by atomic mass is 28.3. The van der Waals surface area contributed by atoms with Crippen LogP contribution in [0.25, 0.3) is 11.1 Å². The van der Waals surface area contributed by atoms with Gasteiger partial charge in [-0.25, -0.2) is 0 Å². The minimum Gasteiger partial charge on any atom is -0.0621 e. The maximum Gasteiger partial charge on any atom is 0.429 e. The van der Waals surface area contributed by atoms with Crippen molar-refractivity contribution in [2.45, 2.75) is 52.4 Å². The van der Waals surface area contributed by atoms with Gasteiger partial charge in [0, 0.05) is 5.56 Å². The summed E-state index contributed by atoms with van der Waals surface area (Å²) in [6.45, 7) is 13.7. The molecule has 0 aliphatic carbocycles. The van der Waals surface area contributed by atoms with Crippen LogP contribution in [0.1, 0.15) is 52.7 Å². The van der Waals surface area contributed by atoms with Crippen LogP contribution in [0.15, 0.2) is 103 Å². The van der Waals surface area contributed by atoms with Crippen molar-refractivity contribution in [2.75, 3.05) is 0 Å². The molecule has 0 atom stereocenters. The Kier molecular flexibility index (Phi) is 6.45. The van der Waals surface area contributed by atoms with E-state index in [2.05, 4.69) is 145 Å². The van der Waals surface area contributed by atoms with Crippen molar-refractivity contribution in [2.24, 2.45) is 0 Å². The number of rotatable bonds is 4. The van der Waals surface area contributed by atoms with Crippen molar-refractivity contribution in [3.63, 3.8) is 0 Å². The van der Waals surface area contributed by atoms with Gasteiger partial charge in [0.05, 0.1) is 0 Å². The first-order valence-electron chi connectivity index (χ1n) is 11.9. The molecule has 0 saturated heterocycles. The van der Waals surface area contributed by atoms with Crippen molar-refractivity contribution in [1.29, 1.82) is 0 Å². The van der Waals surface area contributed by atoms with Crippen LogP contribution in [-0.2, 0) is 10.8 Å². The lowest BCUT2D eigenvalue weighted by atomic mass is 9.85. The molecule has 4 aromatic rings. The molecule has 0 saturated carbocycles. The topological polar surface area (TPSA) is 0 Å². The summed E-state index contributed by atoms with van der Waals surface area (Å²) in [6, 6.07) is 38.5. The summed E-state index contributed by atoms with van der Waals surface area (Å²) < 4.78 is 0. The monoisotopic (exact) mass is 447 g/mol. The molecule has 0 unspecified atom stereocenters. The van der Waals surface area contributed by atoms with E-state index in [1.165, 1.54) is 37.8 Å². The lowest BCUT2D eigenvalue weighted by molar-refractivity contribution is 0.590. The van der Waals surface area contributed by atoms with E-state index < -0.39 is 8.80 Å². The van der Waals surface area contributed by atoms with E-state index in [0.29, 0.717) is 0 Å². The third-order valence-corrected chi connectivity index (χ3v) is 9.12. The van der Waals surface area contributed by atoms with Crippen LogP contribution in [0.3, 0.4) is 0 Å². The second-order valence-corrected chi connectivity index (χ2v) is 13.4. The highest BCUT2D eigenvalue weighted by Crippen LogP contribution is 2.28. The standard InChI is InChI=1S/C32H35Si/c1-31(2,3)25-19-17-24(18-20-25)29-22-21-26(32(4,5)6)23-30(29)33(27-13-9-7-10-14-27)28-15-11-8-12-16-28/h7-23H,1-6H3/q+1. The minimum atomic E-state index is -1.17. The van der Waals surface area contributed by atoms with Gasteiger partial charge in [0.1, 0.15) is 15.6 Å². The third kappa shape index (κ3) is 5.20. The molecule has 0 aliphatic heterocycles. The molecule has 4 rings (SSSR count). The molecule has 0 fully saturated rings. The van der Waals surface area contributed by atoms with Crippen molar-refractivity contribution in [3.05, 3.63) is 114 Å². The highest BCUT2D eigenvalue weighted by molar-refractivity contribution is 6.96. The number of hydrogen-bond acceptors (Lipinski definition) is 0. The van der Waals surface area contributed by atoms with Crippen LogP contribution >= 0.6 is 0 Å². The zero-order valence-electron chi connectivity index (χ0n) is 20.8. The second-order valence-electron chi connectivity index (χ2n) is 10.9. The van der Waals surface area contributed by atoms with Gasteiger partial charge in [-0.05, 0) is 57.9 Å². The lowest BCUT2D eigenvalue weighted by Crippen LogP contribution is -2.52. The largest absolute Gasteiger partial charge is 0.429 e. The van der Waals surface area contributed by atoms with Gasteiger partial charge in [-0.2, -0.15) is 0 Å². The SMILES string of the molecule is CC(C)(C)c1ccc(-c2ccc(C(C)(C)C)cc2[Si+](c2ccccc2)c2ccccc2)cc1. The van der Waals surface area contributed by atoms with Gasteiger partial charge < -0.3 is 0 Å². The third-order valence-electron chi connectivity index (χ3n) is 6.34. The van der Waals surface area contributed by atoms with Crippen LogP contribution in [0.2, 0.25) is 0 Å². The van der Waals surface area contributed by atoms with Gasteiger partial charge >= 0.3 is 8.80 Å². The van der Waals surface area contributed by atoms with E-state index in [1.807, 2.05) is 0 Å². The van der Waals surface area contributed by atoms with Crippen molar-refractivity contribution in [1.82, 2.24) is 0 Å². The summed E-state index contributed by atoms with van der Waals surface area (Å²) >= 11 is 0. The molecule has 0 aromatic heterocycles. The molecular weight excluding hydrogens is 412 g/mol. The zero-order valence-corrected chi connectivity index (χ0v) is 21.8. The van der Waals surface area contributed by atoms with Crippen LogP contribution in [0.5, 0.6) is 0 Å². The molecule has 166 valence electrons. The Labute approximate surface area is 201 Å². The average Bonchev–Trinajstić information content (AvgIpc) is 2.80. The van der Waals surface area contributed by atoms with E-state index in [-0.39, 0.29) is 10.8 Å². The fourth-order valence-electron chi connectivity index (χ4n) is 4.31. The summed E-state index contributed by atoms with van der Waals surface area (Å²) in [7, 11) is -1.17. The summed E-state index contributed by atoms with van der Waals surface area (Å²) in [5.74, 6) is 0. The van der Waals surface area contributed by atoms with Gasteiger partial charge in [-0.3, -0.25) is 0 Å². The van der Waals surface area contributed by atoms with Crippen molar-refractivity contribution < 1.29 is 0 Å². The van der Waals surface area contributed by atoms with Gasteiger partial charge in [-0.15, -0.1) is 0 Å². The Morgan fingerprint density at radius 2 is 0.939 bits per heavy atom. The van der Waals surface area contributed by atoms with E-state index in [1.54, 1.807) is 0 Å². The fourth-order valence-corrected chi connectivity index (χ4v) is 7.11. The van der Waals surface area contributed by atoms with Crippen molar-refractivity contribution in [3.8, 4) is 11.1 Å². The fraction of sp³-hybridized carbons (Fsp3) is 0.250. The average molecular weight is 448 g/mol. The van der Waals surface area contributed by atoms with Crippen LogP contribution in [0.4, 0.5) is 0 Å². The van der Waals surface area contributed by atoms with Gasteiger partial charge in [0.15, 0.2) is 0 Å². The van der Waals surface area contributed by atoms with Gasteiger partial charge in [0.25, 0.3) is 0 Å². The first-order valence-corrected chi connectivity index (χ1v) is 13.4. The molecule has 1 heteroatoms. The molecule has 0 bridgehead atoms. The molecule has 0 spiro atoms. The van der Waals surface area contributed by atoms with E-state index in [9.17, 15) is 0 Å². The summed E-state index contributed by atoms with van der Waals surface area (Å²) in [4.78, 5) is 0. The molecule has 0 nitrogen and oxygen atoms in total. The summed E-state index contributed by atoms with van der Waals surface area (Å²) in [6.07, 6.45) is 0. The maximum absolute atomic E-state index is 2.49. The Morgan fingerprint density at radius 1 is 0.485 bits per heavy atom. The van der Waals surface area contributed by atoms with Crippen LogP contribution in [-0.4, -0.2) is 8.80 Å². The quantitative estimate of drug-likeness (QED) is 0.249. The molecule has 0 heterocycles. The van der Waals surface area contributed by atoms with E-state index in [4.69, 9.17) is 0 Å². The van der Waals surface area contributed by atoms with Crippen molar-refractivity contribution >= 4 is 24.4 Å². The van der Waals surface area contributed by atoms with Crippen LogP contribution < -0.4 is 15.6 Å². The van der Waals surface area contributed by atoms with Crippen LogP contribution in [0, 0.1) is 0 Å². The smallest absolute Gasteiger partial charge is 0.0621 e. The molecule has 0 radical (unpaired) electrons. The van der Waals surface area contributed by atoms with Gasteiger partial charge in [0.2, 0.25) is 0 Å².